The Morgan fingerprint density at radius 1 is 1.28 bits per heavy atom. The lowest BCUT2D eigenvalue weighted by Crippen LogP contribution is -2.24. The summed E-state index contributed by atoms with van der Waals surface area (Å²) in [4.78, 5) is 17.2. The van der Waals surface area contributed by atoms with E-state index in [0.29, 0.717) is 17.9 Å². The lowest BCUT2D eigenvalue weighted by atomic mass is 10.0. The predicted molar refractivity (Wildman–Crippen MR) is 97.4 cm³/mol. The molecule has 0 saturated heterocycles. The van der Waals surface area contributed by atoms with Gasteiger partial charge in [0.25, 0.3) is 5.91 Å². The maximum Gasteiger partial charge on any atom is 0.255 e. The molecule has 0 aliphatic carbocycles. The van der Waals surface area contributed by atoms with Crippen molar-refractivity contribution < 1.29 is 9.90 Å². The number of pyridine rings is 1. The van der Waals surface area contributed by atoms with Crippen molar-refractivity contribution in [1.29, 1.82) is 0 Å². The molecule has 1 aliphatic heterocycles. The second-order valence-corrected chi connectivity index (χ2v) is 6.56. The average Bonchev–Trinajstić information content (AvgIpc) is 2.73. The van der Waals surface area contributed by atoms with Crippen LogP contribution in [0.2, 0.25) is 0 Å². The molecule has 4 N–H and O–H groups in total. The number of nitrogens with one attached hydrogen (secondary N) is 1. The minimum Gasteiger partial charge on any atom is -0.508 e. The largest absolute Gasteiger partial charge is 0.508 e. The number of aromatic hydroxyl groups is 1. The maximum absolute atomic E-state index is 12.6. The van der Waals surface area contributed by atoms with Crippen LogP contribution in [0, 0.1) is 20.8 Å². The van der Waals surface area contributed by atoms with Crippen molar-refractivity contribution in [1.82, 2.24) is 14.9 Å². The predicted octanol–water partition coefficient (Wildman–Crippen LogP) is 2.52. The smallest absolute Gasteiger partial charge is 0.255 e. The molecule has 128 valence electrons. The third-order valence-electron chi connectivity index (χ3n) is 5.08. The Balaban J connectivity index is 2.21. The van der Waals surface area contributed by atoms with Gasteiger partial charge in [-0.05, 0) is 44.4 Å². The highest BCUT2D eigenvalue weighted by Crippen LogP contribution is 2.38. The lowest BCUT2D eigenvalue weighted by molar-refractivity contribution is 0.0958. The zero-order chi connectivity index (χ0) is 17.9. The fraction of sp³-hybridized carbons (Fsp3) is 0.263. The van der Waals surface area contributed by atoms with Crippen LogP contribution in [0.4, 0.5) is 5.82 Å². The zero-order valence-corrected chi connectivity index (χ0v) is 14.5. The van der Waals surface area contributed by atoms with Gasteiger partial charge in [0.05, 0.1) is 23.0 Å². The zero-order valence-electron chi connectivity index (χ0n) is 14.5. The van der Waals surface area contributed by atoms with Crippen molar-refractivity contribution in [2.45, 2.75) is 27.2 Å². The molecule has 0 bridgehead atoms. The molecule has 0 fully saturated rings. The van der Waals surface area contributed by atoms with Gasteiger partial charge in [0.2, 0.25) is 0 Å². The van der Waals surface area contributed by atoms with Crippen molar-refractivity contribution in [3.8, 4) is 11.4 Å². The number of benzene rings is 1. The molecule has 3 aromatic rings. The molecule has 3 heterocycles. The summed E-state index contributed by atoms with van der Waals surface area (Å²) >= 11 is 0. The van der Waals surface area contributed by atoms with Crippen molar-refractivity contribution in [3.05, 3.63) is 46.3 Å². The monoisotopic (exact) mass is 336 g/mol. The third-order valence-corrected chi connectivity index (χ3v) is 5.08. The summed E-state index contributed by atoms with van der Waals surface area (Å²) in [5.41, 5.74) is 12.2. The highest BCUT2D eigenvalue weighted by molar-refractivity contribution is 6.14. The van der Waals surface area contributed by atoms with Crippen LogP contribution in [0.3, 0.4) is 0 Å². The van der Waals surface area contributed by atoms with E-state index in [2.05, 4.69) is 10.3 Å². The van der Waals surface area contributed by atoms with Crippen molar-refractivity contribution in [2.24, 2.45) is 0 Å². The quantitative estimate of drug-likeness (QED) is 0.636. The molecule has 1 aromatic carbocycles. The molecule has 4 rings (SSSR count). The van der Waals surface area contributed by atoms with Gasteiger partial charge >= 0.3 is 0 Å². The summed E-state index contributed by atoms with van der Waals surface area (Å²) in [7, 11) is 0. The summed E-state index contributed by atoms with van der Waals surface area (Å²) in [5, 5.41) is 14.0. The summed E-state index contributed by atoms with van der Waals surface area (Å²) in [6, 6.07) is 3.51. The van der Waals surface area contributed by atoms with Gasteiger partial charge in [0.1, 0.15) is 11.6 Å². The lowest BCUT2D eigenvalue weighted by Gasteiger charge is -2.16. The number of nitrogen functional groups attached to an aromatic ring is 1. The number of phenolic OH excluding ortho intramolecular Hbond substituents is 1. The standard InChI is InChI=1S/C19H20N4O2/c1-9-4-5-14(24)10(2)17(9)23-13-8-22-11(3)12-6-7-21-19(25)16(15(12)13)18(23)20/h4-5,8,24H,6-7,20H2,1-3H3,(H,21,25). The number of carbonyl (C=O) groups excluding carboxylic acids is 1. The van der Waals surface area contributed by atoms with Crippen LogP contribution in [0.1, 0.15) is 32.7 Å². The van der Waals surface area contributed by atoms with Gasteiger partial charge in [-0.3, -0.25) is 14.3 Å². The number of nitrogens with two attached hydrogens (primary N) is 1. The van der Waals surface area contributed by atoms with Gasteiger partial charge in [-0.2, -0.15) is 0 Å². The van der Waals surface area contributed by atoms with Gasteiger partial charge < -0.3 is 16.2 Å². The molecule has 0 spiro atoms. The molecular formula is C19H20N4O2. The first-order valence-electron chi connectivity index (χ1n) is 8.28. The van der Waals surface area contributed by atoms with E-state index in [0.717, 1.165) is 45.4 Å². The average molecular weight is 336 g/mol. The van der Waals surface area contributed by atoms with Crippen LogP contribution in [-0.2, 0) is 6.42 Å². The molecule has 0 radical (unpaired) electrons. The number of carbonyl (C=O) groups is 1. The summed E-state index contributed by atoms with van der Waals surface area (Å²) < 4.78 is 1.84. The number of hydrogen-bond donors (Lipinski definition) is 3. The summed E-state index contributed by atoms with van der Waals surface area (Å²) in [6.07, 6.45) is 2.48. The third kappa shape index (κ3) is 2.03. The molecule has 6 heteroatoms. The maximum atomic E-state index is 12.6. The van der Waals surface area contributed by atoms with Crippen LogP contribution in [0.15, 0.2) is 18.3 Å². The first-order chi connectivity index (χ1) is 11.9. The molecule has 1 aliphatic rings. The van der Waals surface area contributed by atoms with Gasteiger partial charge in [-0.15, -0.1) is 0 Å². The Hall–Kier alpha value is -3.02. The number of aryl methyl sites for hydroxylation is 2. The highest BCUT2D eigenvalue weighted by Gasteiger charge is 2.28. The molecule has 0 saturated carbocycles. The Kier molecular flexibility index (Phi) is 3.25. The second-order valence-electron chi connectivity index (χ2n) is 6.56. The van der Waals surface area contributed by atoms with E-state index in [9.17, 15) is 9.90 Å². The Bertz CT molecular complexity index is 1050. The van der Waals surface area contributed by atoms with Crippen molar-refractivity contribution in [2.75, 3.05) is 12.3 Å². The van der Waals surface area contributed by atoms with Crippen LogP contribution in [0.5, 0.6) is 5.75 Å². The fourth-order valence-corrected chi connectivity index (χ4v) is 3.79. The topological polar surface area (TPSA) is 93.2 Å². The normalized spacial score (nSPS) is 13.8. The molecule has 2 aromatic heterocycles. The van der Waals surface area contributed by atoms with Gasteiger partial charge in [0.15, 0.2) is 0 Å². The van der Waals surface area contributed by atoms with E-state index >= 15 is 0 Å². The molecule has 0 atom stereocenters. The molecule has 25 heavy (non-hydrogen) atoms. The van der Waals surface area contributed by atoms with E-state index in [4.69, 9.17) is 5.73 Å². The first kappa shape index (κ1) is 15.5. The Morgan fingerprint density at radius 2 is 2.04 bits per heavy atom. The molecular weight excluding hydrogens is 316 g/mol. The number of amides is 1. The minimum atomic E-state index is -0.166. The van der Waals surface area contributed by atoms with E-state index in [1.165, 1.54) is 0 Å². The van der Waals surface area contributed by atoms with Crippen LogP contribution < -0.4 is 11.1 Å². The number of nitrogens with zero attached hydrogens (tertiary/aromatic N) is 2. The first-order valence-corrected chi connectivity index (χ1v) is 8.28. The molecule has 1 amide bonds. The van der Waals surface area contributed by atoms with Crippen LogP contribution >= 0.6 is 0 Å². The second kappa shape index (κ2) is 5.24. The number of anilines is 1. The van der Waals surface area contributed by atoms with E-state index in [1.807, 2.05) is 31.4 Å². The molecule has 0 unspecified atom stereocenters. The van der Waals surface area contributed by atoms with Crippen molar-refractivity contribution in [3.63, 3.8) is 0 Å². The van der Waals surface area contributed by atoms with Gasteiger partial charge in [-0.25, -0.2) is 0 Å². The van der Waals surface area contributed by atoms with Crippen molar-refractivity contribution >= 4 is 22.6 Å². The summed E-state index contributed by atoms with van der Waals surface area (Å²) in [6.45, 7) is 6.32. The number of phenols is 1. The van der Waals surface area contributed by atoms with E-state index in [1.54, 1.807) is 12.3 Å². The number of rotatable bonds is 1. The fourth-order valence-electron chi connectivity index (χ4n) is 3.79. The van der Waals surface area contributed by atoms with Gasteiger partial charge in [0, 0.05) is 23.2 Å². The Morgan fingerprint density at radius 3 is 2.80 bits per heavy atom. The van der Waals surface area contributed by atoms with E-state index < -0.39 is 0 Å². The number of aromatic nitrogens is 2. The Labute approximate surface area is 145 Å². The van der Waals surface area contributed by atoms with Crippen LogP contribution in [-0.4, -0.2) is 27.1 Å². The minimum absolute atomic E-state index is 0.166. The summed E-state index contributed by atoms with van der Waals surface area (Å²) in [5.74, 6) is 0.404. The molecule has 6 nitrogen and oxygen atoms in total. The number of hydrogen-bond acceptors (Lipinski definition) is 4. The van der Waals surface area contributed by atoms with Gasteiger partial charge in [-0.1, -0.05) is 6.07 Å². The van der Waals surface area contributed by atoms with Crippen LogP contribution in [0.25, 0.3) is 16.6 Å². The highest BCUT2D eigenvalue weighted by atomic mass is 16.3. The van der Waals surface area contributed by atoms with E-state index in [-0.39, 0.29) is 11.7 Å². The SMILES string of the molecule is Cc1ccc(O)c(C)c1-n1c(N)c2c3c(c(C)ncc31)CCNC2=O.